The zero-order chi connectivity index (χ0) is 18.4. The fourth-order valence-electron chi connectivity index (χ4n) is 4.41. The van der Waals surface area contributed by atoms with Crippen molar-refractivity contribution >= 4 is 11.6 Å². The van der Waals surface area contributed by atoms with Crippen molar-refractivity contribution in [3.8, 4) is 11.7 Å². The second-order valence-corrected chi connectivity index (χ2v) is 7.27. The number of furan rings is 1. The zero-order valence-corrected chi connectivity index (χ0v) is 15.1. The lowest BCUT2D eigenvalue weighted by Crippen LogP contribution is -2.51. The molecule has 0 N–H and O–H groups in total. The van der Waals surface area contributed by atoms with Gasteiger partial charge in [-0.2, -0.15) is 4.98 Å². The van der Waals surface area contributed by atoms with Crippen molar-refractivity contribution in [2.24, 2.45) is 0 Å². The number of likely N-dealkylation sites (N-methyl/N-ethyl adjacent to an activating group) is 1. The maximum Gasteiger partial charge on any atom is 0.293 e. The largest absolute Gasteiger partial charge is 0.459 e. The lowest BCUT2D eigenvalue weighted by atomic mass is 9.75. The summed E-state index contributed by atoms with van der Waals surface area (Å²) in [5.41, 5.74) is 1.67. The summed E-state index contributed by atoms with van der Waals surface area (Å²) in [4.78, 5) is 21.6. The quantitative estimate of drug-likeness (QED) is 0.711. The molecule has 0 radical (unpaired) electrons. The van der Waals surface area contributed by atoms with Crippen LogP contribution in [0, 0.1) is 0 Å². The van der Waals surface area contributed by atoms with E-state index in [0.29, 0.717) is 30.6 Å². The Morgan fingerprint density at radius 3 is 2.96 bits per heavy atom. The Kier molecular flexibility index (Phi) is 3.65. The van der Waals surface area contributed by atoms with E-state index in [1.165, 1.54) is 0 Å². The molecule has 4 heterocycles. The molecule has 2 aliphatic heterocycles. The Labute approximate surface area is 156 Å². The van der Waals surface area contributed by atoms with Gasteiger partial charge in [-0.3, -0.25) is 9.69 Å². The van der Waals surface area contributed by atoms with E-state index in [1.807, 2.05) is 25.2 Å². The van der Waals surface area contributed by atoms with Crippen LogP contribution in [0.3, 0.4) is 0 Å². The van der Waals surface area contributed by atoms with Gasteiger partial charge in [-0.1, -0.05) is 23.4 Å². The number of carbonyl (C=O) groups is 1. The van der Waals surface area contributed by atoms with Gasteiger partial charge in [0.25, 0.3) is 5.89 Å². The number of benzene rings is 1. The minimum absolute atomic E-state index is 0.179. The number of likely N-dealkylation sites (tertiary alicyclic amines) is 1. The van der Waals surface area contributed by atoms with Gasteiger partial charge in [-0.15, -0.1) is 0 Å². The number of rotatable bonds is 3. The number of carbonyl (C=O) groups excluding carboxylic acids is 1. The van der Waals surface area contributed by atoms with Gasteiger partial charge in [-0.25, -0.2) is 0 Å². The number of amides is 1. The lowest BCUT2D eigenvalue weighted by Gasteiger charge is -2.38. The zero-order valence-electron chi connectivity index (χ0n) is 15.1. The molecule has 1 spiro atoms. The van der Waals surface area contributed by atoms with Crippen molar-refractivity contribution in [3.05, 3.63) is 54.0 Å². The third-order valence-electron chi connectivity index (χ3n) is 5.63. The van der Waals surface area contributed by atoms with E-state index in [-0.39, 0.29) is 5.91 Å². The first-order valence-electron chi connectivity index (χ1n) is 9.14. The van der Waals surface area contributed by atoms with Crippen LogP contribution in [0.25, 0.3) is 11.7 Å². The Morgan fingerprint density at radius 2 is 2.11 bits per heavy atom. The maximum absolute atomic E-state index is 13.1. The van der Waals surface area contributed by atoms with E-state index in [1.54, 1.807) is 23.3 Å². The van der Waals surface area contributed by atoms with Crippen LogP contribution in [0.2, 0.25) is 0 Å². The highest BCUT2D eigenvalue weighted by molar-refractivity contribution is 6.08. The highest BCUT2D eigenvalue weighted by atomic mass is 16.5. The third kappa shape index (κ3) is 2.49. The van der Waals surface area contributed by atoms with E-state index in [4.69, 9.17) is 8.94 Å². The van der Waals surface area contributed by atoms with Gasteiger partial charge in [0.1, 0.15) is 0 Å². The topological polar surface area (TPSA) is 75.6 Å². The smallest absolute Gasteiger partial charge is 0.293 e. The van der Waals surface area contributed by atoms with E-state index >= 15 is 0 Å². The molecule has 3 aromatic rings. The fraction of sp³-hybridized carbons (Fsp3) is 0.350. The number of piperidine rings is 1. The Morgan fingerprint density at radius 1 is 1.22 bits per heavy atom. The van der Waals surface area contributed by atoms with E-state index in [2.05, 4.69) is 21.1 Å². The van der Waals surface area contributed by atoms with Crippen molar-refractivity contribution in [2.75, 3.05) is 25.0 Å². The van der Waals surface area contributed by atoms with Gasteiger partial charge in [0.05, 0.1) is 18.2 Å². The first-order chi connectivity index (χ1) is 13.2. The first kappa shape index (κ1) is 16.3. The molecule has 1 unspecified atom stereocenters. The fourth-order valence-corrected chi connectivity index (χ4v) is 4.41. The standard InChI is InChI=1S/C20H20N4O3/c1-23-15-7-3-2-6-14(15)20(19(23)25)9-5-10-24(13-20)12-17-21-18(27-22-17)16-8-4-11-26-16/h2-4,6-8,11H,5,9-10,12-13H2,1H3. The summed E-state index contributed by atoms with van der Waals surface area (Å²) in [5.74, 6) is 1.72. The van der Waals surface area contributed by atoms with Crippen LogP contribution < -0.4 is 4.90 Å². The molecule has 0 aliphatic carbocycles. The average Bonchev–Trinajstić information content (AvgIpc) is 3.41. The summed E-state index contributed by atoms with van der Waals surface area (Å²) >= 11 is 0. The summed E-state index contributed by atoms with van der Waals surface area (Å²) in [5, 5.41) is 4.08. The number of hydrogen-bond donors (Lipinski definition) is 0. The van der Waals surface area contributed by atoms with E-state index < -0.39 is 5.41 Å². The molecule has 2 aliphatic rings. The molecule has 7 nitrogen and oxygen atoms in total. The molecule has 1 fully saturated rings. The molecule has 0 saturated carbocycles. The van der Waals surface area contributed by atoms with E-state index in [0.717, 1.165) is 30.6 Å². The van der Waals surface area contributed by atoms with Crippen LogP contribution in [0.1, 0.15) is 24.2 Å². The maximum atomic E-state index is 13.1. The number of aromatic nitrogens is 2. The number of fused-ring (bicyclic) bond motifs is 2. The third-order valence-corrected chi connectivity index (χ3v) is 5.63. The van der Waals surface area contributed by atoms with Gasteiger partial charge in [0, 0.05) is 19.3 Å². The highest BCUT2D eigenvalue weighted by Gasteiger charge is 2.51. The van der Waals surface area contributed by atoms with Crippen LogP contribution in [-0.4, -0.2) is 41.1 Å². The monoisotopic (exact) mass is 364 g/mol. The number of anilines is 1. The summed E-state index contributed by atoms with van der Waals surface area (Å²) in [6.45, 7) is 2.12. The molecule has 1 aromatic carbocycles. The van der Waals surface area contributed by atoms with Gasteiger partial charge in [-0.05, 0) is 43.1 Å². The number of para-hydroxylation sites is 1. The van der Waals surface area contributed by atoms with E-state index in [9.17, 15) is 4.79 Å². The minimum atomic E-state index is -0.475. The predicted octanol–water partition coefficient (Wildman–Crippen LogP) is 2.84. The van der Waals surface area contributed by atoms with Crippen LogP contribution in [0.4, 0.5) is 5.69 Å². The Balaban J connectivity index is 1.40. The average molecular weight is 364 g/mol. The van der Waals surface area contributed by atoms with Crippen molar-refractivity contribution in [3.63, 3.8) is 0 Å². The van der Waals surface area contributed by atoms with Crippen molar-refractivity contribution < 1.29 is 13.7 Å². The van der Waals surface area contributed by atoms with Crippen LogP contribution in [0.15, 0.2) is 51.6 Å². The lowest BCUT2D eigenvalue weighted by molar-refractivity contribution is -0.125. The van der Waals surface area contributed by atoms with Gasteiger partial charge < -0.3 is 13.8 Å². The summed E-state index contributed by atoms with van der Waals surface area (Å²) < 4.78 is 10.6. The summed E-state index contributed by atoms with van der Waals surface area (Å²) in [6.07, 6.45) is 3.40. The molecule has 5 rings (SSSR count). The minimum Gasteiger partial charge on any atom is -0.459 e. The summed E-state index contributed by atoms with van der Waals surface area (Å²) in [6, 6.07) is 11.7. The molecule has 7 heteroatoms. The van der Waals surface area contributed by atoms with Gasteiger partial charge in [0.2, 0.25) is 5.91 Å². The van der Waals surface area contributed by atoms with Gasteiger partial charge >= 0.3 is 0 Å². The highest BCUT2D eigenvalue weighted by Crippen LogP contribution is 2.46. The van der Waals surface area contributed by atoms with Crippen molar-refractivity contribution in [2.45, 2.75) is 24.8 Å². The summed E-state index contributed by atoms with van der Waals surface area (Å²) in [7, 11) is 1.86. The molecule has 2 aromatic heterocycles. The van der Waals surface area contributed by atoms with Crippen LogP contribution >= 0.6 is 0 Å². The van der Waals surface area contributed by atoms with Gasteiger partial charge in [0.15, 0.2) is 11.6 Å². The second kappa shape index (κ2) is 6.06. The Hall–Kier alpha value is -2.93. The predicted molar refractivity (Wildman–Crippen MR) is 98.0 cm³/mol. The number of hydrogen-bond acceptors (Lipinski definition) is 6. The molecule has 27 heavy (non-hydrogen) atoms. The normalized spacial score (nSPS) is 22.6. The molecule has 138 valence electrons. The molecule has 1 atom stereocenters. The first-order valence-corrected chi connectivity index (χ1v) is 9.14. The van der Waals surface area contributed by atoms with Crippen LogP contribution in [-0.2, 0) is 16.8 Å². The van der Waals surface area contributed by atoms with Crippen molar-refractivity contribution in [1.82, 2.24) is 15.0 Å². The van der Waals surface area contributed by atoms with Crippen molar-refractivity contribution in [1.29, 1.82) is 0 Å². The molecular weight excluding hydrogens is 344 g/mol. The van der Waals surface area contributed by atoms with Crippen LogP contribution in [0.5, 0.6) is 0 Å². The molecule has 0 bridgehead atoms. The Bertz CT molecular complexity index is 981. The second-order valence-electron chi connectivity index (χ2n) is 7.27. The molecule has 1 saturated heterocycles. The molecule has 1 amide bonds. The SMILES string of the molecule is CN1C(=O)C2(CCCN(Cc3noc(-c4ccco4)n3)C2)c2ccccc21. The number of nitrogens with zero attached hydrogens (tertiary/aromatic N) is 4. The molecular formula is C20H20N4O3.